The lowest BCUT2D eigenvalue weighted by Crippen LogP contribution is -1.98. The highest BCUT2D eigenvalue weighted by Gasteiger charge is 2.08. The van der Waals surface area contributed by atoms with Gasteiger partial charge in [0.15, 0.2) is 0 Å². The summed E-state index contributed by atoms with van der Waals surface area (Å²) in [5, 5.41) is 0. The van der Waals surface area contributed by atoms with Gasteiger partial charge in [-0.25, -0.2) is 9.79 Å². The Morgan fingerprint density at radius 2 is 1.88 bits per heavy atom. The standard InChI is InChI=1S/C14H19NO/c1-10(2)12-5-6-14(11(3)4)13(7-12)8-15-9-16/h5-7,10-11H,8H2,1-4H3. The molecule has 0 aliphatic carbocycles. The molecule has 0 saturated heterocycles. The lowest BCUT2D eigenvalue weighted by Gasteiger charge is -2.14. The molecule has 0 N–H and O–H groups in total. The van der Waals surface area contributed by atoms with E-state index in [0.717, 1.165) is 5.56 Å². The molecule has 0 radical (unpaired) electrons. The van der Waals surface area contributed by atoms with E-state index >= 15 is 0 Å². The van der Waals surface area contributed by atoms with E-state index in [4.69, 9.17) is 0 Å². The van der Waals surface area contributed by atoms with Crippen LogP contribution in [-0.2, 0) is 11.3 Å². The highest BCUT2D eigenvalue weighted by molar-refractivity contribution is 5.38. The molecule has 0 heterocycles. The minimum absolute atomic E-state index is 0.442. The predicted octanol–water partition coefficient (Wildman–Crippen LogP) is 3.77. The van der Waals surface area contributed by atoms with Crippen molar-refractivity contribution in [3.8, 4) is 0 Å². The highest BCUT2D eigenvalue weighted by Crippen LogP contribution is 2.24. The quantitative estimate of drug-likeness (QED) is 0.557. The Morgan fingerprint density at radius 1 is 1.19 bits per heavy atom. The summed E-state index contributed by atoms with van der Waals surface area (Å²) in [4.78, 5) is 13.9. The molecule has 1 aromatic carbocycles. The van der Waals surface area contributed by atoms with Crippen molar-refractivity contribution in [3.63, 3.8) is 0 Å². The van der Waals surface area contributed by atoms with Crippen LogP contribution < -0.4 is 0 Å². The number of hydrogen-bond acceptors (Lipinski definition) is 2. The zero-order chi connectivity index (χ0) is 12.1. The van der Waals surface area contributed by atoms with Crippen molar-refractivity contribution in [2.45, 2.75) is 46.1 Å². The van der Waals surface area contributed by atoms with Crippen LogP contribution in [0.4, 0.5) is 0 Å². The molecule has 1 aromatic rings. The lowest BCUT2D eigenvalue weighted by molar-refractivity contribution is 0.562. The molecular formula is C14H19NO. The van der Waals surface area contributed by atoms with Crippen molar-refractivity contribution >= 4 is 6.08 Å². The second-order valence-electron chi connectivity index (χ2n) is 4.68. The topological polar surface area (TPSA) is 29.4 Å². The van der Waals surface area contributed by atoms with E-state index in [1.54, 1.807) is 6.08 Å². The molecule has 0 aliphatic heterocycles. The SMILES string of the molecule is CC(C)c1ccc(C(C)C)c(CN=C=O)c1. The summed E-state index contributed by atoms with van der Waals surface area (Å²) in [5.74, 6) is 0.957. The first-order chi connectivity index (χ1) is 7.56. The Balaban J connectivity index is 3.15. The molecule has 0 unspecified atom stereocenters. The van der Waals surface area contributed by atoms with Gasteiger partial charge in [-0.2, -0.15) is 0 Å². The molecule has 2 heteroatoms. The normalized spacial score (nSPS) is 10.6. The molecule has 0 aromatic heterocycles. The molecule has 0 amide bonds. The van der Waals surface area contributed by atoms with Crippen LogP contribution in [0.15, 0.2) is 23.2 Å². The van der Waals surface area contributed by atoms with Gasteiger partial charge in [0.1, 0.15) is 0 Å². The Bertz CT molecular complexity index is 401. The van der Waals surface area contributed by atoms with Gasteiger partial charge in [-0.3, -0.25) is 0 Å². The third-order valence-electron chi connectivity index (χ3n) is 2.77. The van der Waals surface area contributed by atoms with Gasteiger partial charge in [-0.15, -0.1) is 0 Å². The van der Waals surface area contributed by atoms with Crippen LogP contribution in [0.3, 0.4) is 0 Å². The van der Waals surface area contributed by atoms with Crippen molar-refractivity contribution in [3.05, 3.63) is 34.9 Å². The van der Waals surface area contributed by atoms with Gasteiger partial charge in [0.2, 0.25) is 6.08 Å². The predicted molar refractivity (Wildman–Crippen MR) is 66.4 cm³/mol. The smallest absolute Gasteiger partial charge is 0.211 e. The van der Waals surface area contributed by atoms with Crippen LogP contribution in [0.5, 0.6) is 0 Å². The van der Waals surface area contributed by atoms with Crippen molar-refractivity contribution in [1.29, 1.82) is 0 Å². The first-order valence-corrected chi connectivity index (χ1v) is 5.72. The summed E-state index contributed by atoms with van der Waals surface area (Å²) in [5.41, 5.74) is 3.70. The maximum absolute atomic E-state index is 10.2. The zero-order valence-electron chi connectivity index (χ0n) is 10.4. The third-order valence-corrected chi connectivity index (χ3v) is 2.77. The average molecular weight is 217 g/mol. The summed E-state index contributed by atoms with van der Waals surface area (Å²) in [6.45, 7) is 9.07. The summed E-state index contributed by atoms with van der Waals surface area (Å²) in [6.07, 6.45) is 1.61. The number of isocyanates is 1. The van der Waals surface area contributed by atoms with Gasteiger partial charge in [0.05, 0.1) is 6.54 Å². The molecule has 1 rings (SSSR count). The number of rotatable bonds is 4. The molecule has 2 nitrogen and oxygen atoms in total. The number of aliphatic imine (C=N–C) groups is 1. The van der Waals surface area contributed by atoms with E-state index in [9.17, 15) is 4.79 Å². The second kappa shape index (κ2) is 5.62. The van der Waals surface area contributed by atoms with E-state index in [-0.39, 0.29) is 0 Å². The third kappa shape index (κ3) is 3.04. The maximum atomic E-state index is 10.2. The number of benzene rings is 1. The Morgan fingerprint density at radius 3 is 2.38 bits per heavy atom. The van der Waals surface area contributed by atoms with Gasteiger partial charge in [0, 0.05) is 0 Å². The van der Waals surface area contributed by atoms with E-state index in [1.807, 2.05) is 0 Å². The Kier molecular flexibility index (Phi) is 4.45. The molecule has 16 heavy (non-hydrogen) atoms. The van der Waals surface area contributed by atoms with E-state index in [2.05, 4.69) is 50.9 Å². The Hall–Kier alpha value is -1.40. The fourth-order valence-corrected chi connectivity index (χ4v) is 1.80. The van der Waals surface area contributed by atoms with E-state index in [0.29, 0.717) is 18.4 Å². The first kappa shape index (κ1) is 12.7. The molecule has 0 fully saturated rings. The van der Waals surface area contributed by atoms with Crippen LogP contribution in [0.2, 0.25) is 0 Å². The maximum Gasteiger partial charge on any atom is 0.235 e. The molecule has 86 valence electrons. The van der Waals surface area contributed by atoms with Gasteiger partial charge in [-0.1, -0.05) is 45.9 Å². The average Bonchev–Trinajstić information content (AvgIpc) is 2.25. The van der Waals surface area contributed by atoms with Gasteiger partial charge < -0.3 is 0 Å². The van der Waals surface area contributed by atoms with Gasteiger partial charge in [0.25, 0.3) is 0 Å². The first-order valence-electron chi connectivity index (χ1n) is 5.72. The van der Waals surface area contributed by atoms with Gasteiger partial charge in [-0.05, 0) is 28.5 Å². The fourth-order valence-electron chi connectivity index (χ4n) is 1.80. The summed E-state index contributed by atoms with van der Waals surface area (Å²) in [6, 6.07) is 6.46. The van der Waals surface area contributed by atoms with Crippen LogP contribution in [0.25, 0.3) is 0 Å². The number of hydrogen-bond donors (Lipinski definition) is 0. The van der Waals surface area contributed by atoms with Gasteiger partial charge >= 0.3 is 0 Å². The summed E-state index contributed by atoms with van der Waals surface area (Å²) >= 11 is 0. The highest BCUT2D eigenvalue weighted by atomic mass is 16.1. The second-order valence-corrected chi connectivity index (χ2v) is 4.68. The number of carbonyl (C=O) groups excluding carboxylic acids is 1. The van der Waals surface area contributed by atoms with Crippen molar-refractivity contribution in [2.75, 3.05) is 0 Å². The monoisotopic (exact) mass is 217 g/mol. The van der Waals surface area contributed by atoms with E-state index < -0.39 is 0 Å². The minimum Gasteiger partial charge on any atom is -0.211 e. The minimum atomic E-state index is 0.442. The summed E-state index contributed by atoms with van der Waals surface area (Å²) in [7, 11) is 0. The van der Waals surface area contributed by atoms with Crippen molar-refractivity contribution < 1.29 is 4.79 Å². The number of nitrogens with zero attached hydrogens (tertiary/aromatic N) is 1. The molecule has 0 aliphatic rings. The fraction of sp³-hybridized carbons (Fsp3) is 0.500. The summed E-state index contributed by atoms with van der Waals surface area (Å²) < 4.78 is 0. The molecular weight excluding hydrogens is 198 g/mol. The molecule has 0 saturated carbocycles. The van der Waals surface area contributed by atoms with Crippen LogP contribution >= 0.6 is 0 Å². The molecule has 0 atom stereocenters. The lowest BCUT2D eigenvalue weighted by atomic mass is 9.92. The Labute approximate surface area is 97.4 Å². The molecule has 0 bridgehead atoms. The van der Waals surface area contributed by atoms with Crippen LogP contribution in [0, 0.1) is 0 Å². The largest absolute Gasteiger partial charge is 0.235 e. The van der Waals surface area contributed by atoms with Crippen LogP contribution in [-0.4, -0.2) is 6.08 Å². The zero-order valence-corrected chi connectivity index (χ0v) is 10.4. The molecule has 0 spiro atoms. The van der Waals surface area contributed by atoms with Crippen LogP contribution in [0.1, 0.15) is 56.2 Å². The van der Waals surface area contributed by atoms with Crippen molar-refractivity contribution in [2.24, 2.45) is 4.99 Å². The van der Waals surface area contributed by atoms with Crippen molar-refractivity contribution in [1.82, 2.24) is 0 Å². The van der Waals surface area contributed by atoms with E-state index in [1.165, 1.54) is 11.1 Å².